The van der Waals surface area contributed by atoms with Crippen molar-refractivity contribution in [1.29, 1.82) is 0 Å². The highest BCUT2D eigenvalue weighted by atomic mass is 19.4. The summed E-state index contributed by atoms with van der Waals surface area (Å²) in [6.07, 6.45) is -1.99. The van der Waals surface area contributed by atoms with Gasteiger partial charge >= 0.3 is 6.18 Å². The fourth-order valence-electron chi connectivity index (χ4n) is 0.781. The lowest BCUT2D eigenvalue weighted by molar-refractivity contribution is -0.123. The van der Waals surface area contributed by atoms with E-state index in [0.29, 0.717) is 5.69 Å². The Hall–Kier alpha value is -1.66. The lowest BCUT2D eigenvalue weighted by Gasteiger charge is -2.07. The molecule has 1 rings (SSSR count). The Morgan fingerprint density at radius 1 is 1.40 bits per heavy atom. The summed E-state index contributed by atoms with van der Waals surface area (Å²) >= 11 is 0. The highest BCUT2D eigenvalue weighted by Crippen LogP contribution is 2.12. The van der Waals surface area contributed by atoms with Crippen molar-refractivity contribution < 1.29 is 18.0 Å². The van der Waals surface area contributed by atoms with Crippen LogP contribution in [0, 0.1) is 6.92 Å². The fraction of sp³-hybridized carbons (Fsp3) is 0.375. The molecule has 15 heavy (non-hydrogen) atoms. The summed E-state index contributed by atoms with van der Waals surface area (Å²) in [5.41, 5.74) is 0.451. The largest absolute Gasteiger partial charge is 0.405 e. The van der Waals surface area contributed by atoms with Crippen molar-refractivity contribution in [3.05, 3.63) is 23.8 Å². The molecule has 0 radical (unpaired) electrons. The maximum absolute atomic E-state index is 11.7. The molecule has 0 aromatic carbocycles. The van der Waals surface area contributed by atoms with E-state index in [-0.39, 0.29) is 5.69 Å². The second-order valence-corrected chi connectivity index (χ2v) is 2.84. The van der Waals surface area contributed by atoms with Crippen molar-refractivity contribution in [2.24, 2.45) is 0 Å². The third-order valence-electron chi connectivity index (χ3n) is 1.46. The summed E-state index contributed by atoms with van der Waals surface area (Å²) in [4.78, 5) is 18.5. The van der Waals surface area contributed by atoms with Gasteiger partial charge in [-0.05, 0) is 6.92 Å². The number of halogens is 3. The molecule has 1 heterocycles. The first kappa shape index (κ1) is 11.4. The molecule has 1 N–H and O–H groups in total. The molecule has 0 unspecified atom stereocenters. The quantitative estimate of drug-likeness (QED) is 0.809. The Balaban J connectivity index is 2.58. The first-order chi connectivity index (χ1) is 6.88. The molecule has 0 saturated heterocycles. The van der Waals surface area contributed by atoms with Gasteiger partial charge in [0.15, 0.2) is 0 Å². The molecule has 0 aliphatic rings. The Labute approximate surface area is 83.5 Å². The second-order valence-electron chi connectivity index (χ2n) is 2.84. The molecular formula is C8H8F3N3O. The number of amides is 1. The third kappa shape index (κ3) is 3.92. The normalized spacial score (nSPS) is 11.2. The van der Waals surface area contributed by atoms with Gasteiger partial charge < -0.3 is 5.32 Å². The zero-order valence-electron chi connectivity index (χ0n) is 7.80. The smallest absolute Gasteiger partial charge is 0.342 e. The highest BCUT2D eigenvalue weighted by Gasteiger charge is 2.28. The van der Waals surface area contributed by atoms with Crippen molar-refractivity contribution in [3.63, 3.8) is 0 Å². The summed E-state index contributed by atoms with van der Waals surface area (Å²) in [7, 11) is 0. The van der Waals surface area contributed by atoms with Gasteiger partial charge in [-0.15, -0.1) is 0 Å². The van der Waals surface area contributed by atoms with Crippen LogP contribution in [-0.4, -0.2) is 28.6 Å². The van der Waals surface area contributed by atoms with Crippen LogP contribution in [0.2, 0.25) is 0 Å². The predicted octanol–water partition coefficient (Wildman–Crippen LogP) is 1.08. The average Bonchev–Trinajstić information content (AvgIpc) is 2.14. The van der Waals surface area contributed by atoms with Gasteiger partial charge in [0.1, 0.15) is 12.2 Å². The lowest BCUT2D eigenvalue weighted by Crippen LogP contribution is -2.34. The van der Waals surface area contributed by atoms with Gasteiger partial charge in [0, 0.05) is 6.20 Å². The van der Waals surface area contributed by atoms with Gasteiger partial charge in [0.2, 0.25) is 0 Å². The third-order valence-corrected chi connectivity index (χ3v) is 1.46. The van der Waals surface area contributed by atoms with E-state index in [1.54, 1.807) is 12.2 Å². The number of hydrogen-bond acceptors (Lipinski definition) is 3. The van der Waals surface area contributed by atoms with Crippen LogP contribution in [0.25, 0.3) is 0 Å². The zero-order chi connectivity index (χ0) is 11.5. The van der Waals surface area contributed by atoms with Gasteiger partial charge in [-0.25, -0.2) is 4.98 Å². The molecule has 0 aliphatic carbocycles. The molecular weight excluding hydrogens is 211 g/mol. The maximum Gasteiger partial charge on any atom is 0.405 e. The predicted molar refractivity (Wildman–Crippen MR) is 45.2 cm³/mol. The van der Waals surface area contributed by atoms with Gasteiger partial charge in [-0.1, -0.05) is 0 Å². The van der Waals surface area contributed by atoms with E-state index >= 15 is 0 Å². The molecule has 0 bridgehead atoms. The first-order valence-electron chi connectivity index (χ1n) is 4.02. The fourth-order valence-corrected chi connectivity index (χ4v) is 0.781. The number of rotatable bonds is 2. The number of carbonyl (C=O) groups excluding carboxylic acids is 1. The number of alkyl halides is 3. The summed E-state index contributed by atoms with van der Waals surface area (Å²) in [6, 6.07) is 0. The Morgan fingerprint density at radius 3 is 2.53 bits per heavy atom. The van der Waals surface area contributed by atoms with Crippen molar-refractivity contribution in [1.82, 2.24) is 15.3 Å². The Kier molecular flexibility index (Phi) is 3.23. The summed E-state index contributed by atoms with van der Waals surface area (Å²) in [5, 5.41) is 1.69. The maximum atomic E-state index is 11.7. The topological polar surface area (TPSA) is 54.9 Å². The van der Waals surface area contributed by atoms with Gasteiger partial charge in [-0.3, -0.25) is 9.78 Å². The van der Waals surface area contributed by atoms with Crippen LogP contribution in [0.4, 0.5) is 13.2 Å². The molecule has 1 amide bonds. The first-order valence-corrected chi connectivity index (χ1v) is 4.02. The molecule has 0 saturated carbocycles. The van der Waals surface area contributed by atoms with Crippen LogP contribution < -0.4 is 5.32 Å². The number of aryl methyl sites for hydroxylation is 1. The highest BCUT2D eigenvalue weighted by molar-refractivity contribution is 5.91. The minimum absolute atomic E-state index is 0.134. The van der Waals surface area contributed by atoms with E-state index in [2.05, 4.69) is 9.97 Å². The number of nitrogens with zero attached hydrogens (tertiary/aromatic N) is 2. The molecule has 4 nitrogen and oxygen atoms in total. The Morgan fingerprint density at radius 2 is 2.07 bits per heavy atom. The van der Waals surface area contributed by atoms with Crippen molar-refractivity contribution in [3.8, 4) is 0 Å². The number of nitrogens with one attached hydrogen (secondary N) is 1. The van der Waals surface area contributed by atoms with E-state index < -0.39 is 18.6 Å². The molecule has 7 heteroatoms. The van der Waals surface area contributed by atoms with Gasteiger partial charge in [-0.2, -0.15) is 13.2 Å². The average molecular weight is 219 g/mol. The minimum atomic E-state index is -4.42. The lowest BCUT2D eigenvalue weighted by atomic mass is 10.4. The molecule has 0 atom stereocenters. The zero-order valence-corrected chi connectivity index (χ0v) is 7.80. The molecule has 1 aromatic heterocycles. The van der Waals surface area contributed by atoms with E-state index in [1.807, 2.05) is 0 Å². The molecule has 0 spiro atoms. The van der Waals surface area contributed by atoms with Crippen LogP contribution >= 0.6 is 0 Å². The second kappa shape index (κ2) is 4.24. The van der Waals surface area contributed by atoms with E-state index in [0.717, 1.165) is 6.20 Å². The van der Waals surface area contributed by atoms with E-state index in [4.69, 9.17) is 0 Å². The van der Waals surface area contributed by atoms with Crippen LogP contribution in [0.1, 0.15) is 16.2 Å². The summed E-state index contributed by atoms with van der Waals surface area (Å²) in [6.45, 7) is 0.284. The summed E-state index contributed by atoms with van der Waals surface area (Å²) in [5.74, 6) is -0.889. The van der Waals surface area contributed by atoms with Crippen LogP contribution in [0.15, 0.2) is 12.4 Å². The van der Waals surface area contributed by atoms with Crippen molar-refractivity contribution in [2.75, 3.05) is 6.54 Å². The van der Waals surface area contributed by atoms with Crippen LogP contribution in [0.5, 0.6) is 0 Å². The molecule has 0 aliphatic heterocycles. The number of carbonyl (C=O) groups is 1. The minimum Gasteiger partial charge on any atom is -0.342 e. The number of hydrogen-bond donors (Lipinski definition) is 1. The van der Waals surface area contributed by atoms with Crippen LogP contribution in [-0.2, 0) is 0 Å². The van der Waals surface area contributed by atoms with Gasteiger partial charge in [0.25, 0.3) is 5.91 Å². The van der Waals surface area contributed by atoms with Gasteiger partial charge in [0.05, 0.1) is 11.9 Å². The molecule has 0 fully saturated rings. The van der Waals surface area contributed by atoms with Crippen LogP contribution in [0.3, 0.4) is 0 Å². The molecule has 82 valence electrons. The van der Waals surface area contributed by atoms with E-state index in [1.165, 1.54) is 6.20 Å². The molecule has 1 aromatic rings. The SMILES string of the molecule is Cc1cnc(C(=O)NCC(F)(F)F)cn1. The standard InChI is InChI=1S/C8H8F3N3O/c1-5-2-13-6(3-12-5)7(15)14-4-8(9,10)11/h2-3H,4H2,1H3,(H,14,15). The van der Waals surface area contributed by atoms with E-state index in [9.17, 15) is 18.0 Å². The number of aromatic nitrogens is 2. The van der Waals surface area contributed by atoms with Crippen molar-refractivity contribution in [2.45, 2.75) is 13.1 Å². The Bertz CT molecular complexity index is 347. The monoisotopic (exact) mass is 219 g/mol. The summed E-state index contributed by atoms with van der Waals surface area (Å²) < 4.78 is 35.2. The van der Waals surface area contributed by atoms with Crippen molar-refractivity contribution >= 4 is 5.91 Å².